The molecule has 2 aromatic carbocycles. The highest BCUT2D eigenvalue weighted by Crippen LogP contribution is 2.09. The molecular formula is C16H15IO3. The van der Waals surface area contributed by atoms with Crippen molar-refractivity contribution in [3.8, 4) is 0 Å². The number of halogens is 1. The predicted octanol–water partition coefficient (Wildman–Crippen LogP) is 3.66. The van der Waals surface area contributed by atoms with Crippen LogP contribution >= 0.6 is 22.6 Å². The number of carbonyl (C=O) groups excluding carboxylic acids is 1. The van der Waals surface area contributed by atoms with Crippen LogP contribution in [-0.2, 0) is 16.1 Å². The molecule has 0 unspecified atom stereocenters. The molecular weight excluding hydrogens is 367 g/mol. The number of hydrogen-bond acceptors (Lipinski definition) is 3. The SMILES string of the molecule is O=C(OCCOCc1ccccc1)c1cccc(I)c1. The largest absolute Gasteiger partial charge is 0.460 e. The Kier molecular flexibility index (Phi) is 6.01. The van der Waals surface area contributed by atoms with Gasteiger partial charge in [-0.1, -0.05) is 36.4 Å². The first-order valence-corrected chi connectivity index (χ1v) is 7.38. The highest BCUT2D eigenvalue weighted by molar-refractivity contribution is 14.1. The van der Waals surface area contributed by atoms with Gasteiger partial charge < -0.3 is 9.47 Å². The van der Waals surface area contributed by atoms with Gasteiger partial charge in [-0.3, -0.25) is 0 Å². The Morgan fingerprint density at radius 2 is 1.80 bits per heavy atom. The average Bonchev–Trinajstić information content (AvgIpc) is 2.48. The molecule has 0 heterocycles. The highest BCUT2D eigenvalue weighted by atomic mass is 127. The van der Waals surface area contributed by atoms with Crippen LogP contribution in [0, 0.1) is 3.57 Å². The molecule has 0 saturated heterocycles. The molecule has 0 aromatic heterocycles. The lowest BCUT2D eigenvalue weighted by Crippen LogP contribution is -2.11. The minimum atomic E-state index is -0.313. The number of esters is 1. The molecule has 0 radical (unpaired) electrons. The third-order valence-electron chi connectivity index (χ3n) is 2.63. The standard InChI is InChI=1S/C16H15IO3/c17-15-8-4-7-14(11-15)16(18)20-10-9-19-12-13-5-2-1-3-6-13/h1-8,11H,9-10,12H2. The second-order valence-corrected chi connectivity index (χ2v) is 5.43. The van der Waals surface area contributed by atoms with E-state index in [1.165, 1.54) is 0 Å². The van der Waals surface area contributed by atoms with Crippen molar-refractivity contribution in [2.75, 3.05) is 13.2 Å². The molecule has 0 atom stereocenters. The van der Waals surface area contributed by atoms with Gasteiger partial charge in [-0.05, 0) is 46.4 Å². The predicted molar refractivity (Wildman–Crippen MR) is 85.5 cm³/mol. The van der Waals surface area contributed by atoms with Gasteiger partial charge in [0.1, 0.15) is 6.61 Å². The van der Waals surface area contributed by atoms with E-state index in [9.17, 15) is 4.79 Å². The van der Waals surface area contributed by atoms with Gasteiger partial charge in [0, 0.05) is 3.57 Å². The van der Waals surface area contributed by atoms with E-state index in [0.717, 1.165) is 9.13 Å². The van der Waals surface area contributed by atoms with Crippen LogP contribution in [0.15, 0.2) is 54.6 Å². The van der Waals surface area contributed by atoms with Gasteiger partial charge in [-0.2, -0.15) is 0 Å². The summed E-state index contributed by atoms with van der Waals surface area (Å²) in [6, 6.07) is 17.2. The zero-order valence-corrected chi connectivity index (χ0v) is 13.1. The first-order chi connectivity index (χ1) is 9.75. The average molecular weight is 382 g/mol. The van der Waals surface area contributed by atoms with Gasteiger partial charge in [0.15, 0.2) is 0 Å². The van der Waals surface area contributed by atoms with Gasteiger partial charge in [0.05, 0.1) is 18.8 Å². The zero-order valence-electron chi connectivity index (χ0n) is 10.9. The zero-order chi connectivity index (χ0) is 14.2. The van der Waals surface area contributed by atoms with E-state index < -0.39 is 0 Å². The van der Waals surface area contributed by atoms with Crippen molar-refractivity contribution < 1.29 is 14.3 Å². The fourth-order valence-corrected chi connectivity index (χ4v) is 2.20. The number of carbonyl (C=O) groups is 1. The van der Waals surface area contributed by atoms with Crippen LogP contribution in [0.4, 0.5) is 0 Å². The van der Waals surface area contributed by atoms with Crippen LogP contribution in [0.1, 0.15) is 15.9 Å². The molecule has 0 N–H and O–H groups in total. The molecule has 0 aliphatic rings. The van der Waals surface area contributed by atoms with Crippen molar-refractivity contribution in [2.24, 2.45) is 0 Å². The maximum atomic E-state index is 11.7. The van der Waals surface area contributed by atoms with Gasteiger partial charge in [0.25, 0.3) is 0 Å². The van der Waals surface area contributed by atoms with Crippen LogP contribution in [0.2, 0.25) is 0 Å². The molecule has 0 bridgehead atoms. The van der Waals surface area contributed by atoms with Gasteiger partial charge in [-0.15, -0.1) is 0 Å². The Bertz CT molecular complexity index is 555. The summed E-state index contributed by atoms with van der Waals surface area (Å²) in [6.45, 7) is 1.18. The minimum absolute atomic E-state index is 0.261. The molecule has 2 aromatic rings. The molecule has 2 rings (SSSR count). The molecule has 0 spiro atoms. The lowest BCUT2D eigenvalue weighted by atomic mass is 10.2. The molecule has 0 aliphatic carbocycles. The van der Waals surface area contributed by atoms with Gasteiger partial charge in [0.2, 0.25) is 0 Å². The lowest BCUT2D eigenvalue weighted by molar-refractivity contribution is 0.0288. The van der Waals surface area contributed by atoms with E-state index in [4.69, 9.17) is 9.47 Å². The quantitative estimate of drug-likeness (QED) is 0.435. The van der Waals surface area contributed by atoms with Crippen molar-refractivity contribution in [3.05, 3.63) is 69.3 Å². The van der Waals surface area contributed by atoms with Crippen LogP contribution in [0.25, 0.3) is 0 Å². The van der Waals surface area contributed by atoms with E-state index in [-0.39, 0.29) is 12.6 Å². The van der Waals surface area contributed by atoms with Crippen molar-refractivity contribution >= 4 is 28.6 Å². The monoisotopic (exact) mass is 382 g/mol. The Labute approximate surface area is 132 Å². The normalized spacial score (nSPS) is 10.2. The van der Waals surface area contributed by atoms with Crippen LogP contribution in [-0.4, -0.2) is 19.2 Å². The fraction of sp³-hybridized carbons (Fsp3) is 0.188. The van der Waals surface area contributed by atoms with Crippen LogP contribution < -0.4 is 0 Å². The van der Waals surface area contributed by atoms with Crippen molar-refractivity contribution in [3.63, 3.8) is 0 Å². The third kappa shape index (κ3) is 4.94. The third-order valence-corrected chi connectivity index (χ3v) is 3.30. The number of benzene rings is 2. The summed E-state index contributed by atoms with van der Waals surface area (Å²) in [7, 11) is 0. The fourth-order valence-electron chi connectivity index (χ4n) is 1.66. The molecule has 3 nitrogen and oxygen atoms in total. The first-order valence-electron chi connectivity index (χ1n) is 6.30. The van der Waals surface area contributed by atoms with E-state index in [2.05, 4.69) is 22.6 Å². The molecule has 20 heavy (non-hydrogen) atoms. The van der Waals surface area contributed by atoms with Crippen LogP contribution in [0.5, 0.6) is 0 Å². The number of rotatable bonds is 6. The first kappa shape index (κ1) is 15.0. The second-order valence-electron chi connectivity index (χ2n) is 4.18. The number of ether oxygens (including phenoxy) is 2. The lowest BCUT2D eigenvalue weighted by Gasteiger charge is -2.06. The summed E-state index contributed by atoms with van der Waals surface area (Å²) in [5.41, 5.74) is 1.68. The van der Waals surface area contributed by atoms with E-state index >= 15 is 0 Å². The number of hydrogen-bond donors (Lipinski definition) is 0. The van der Waals surface area contributed by atoms with E-state index in [1.54, 1.807) is 12.1 Å². The van der Waals surface area contributed by atoms with Crippen molar-refractivity contribution in [1.29, 1.82) is 0 Å². The summed E-state index contributed by atoms with van der Waals surface area (Å²) in [5, 5.41) is 0. The minimum Gasteiger partial charge on any atom is -0.460 e. The van der Waals surface area contributed by atoms with E-state index in [0.29, 0.717) is 18.8 Å². The Balaban J connectivity index is 1.67. The summed E-state index contributed by atoms with van der Waals surface area (Å²) in [6.07, 6.45) is 0. The molecule has 0 amide bonds. The summed E-state index contributed by atoms with van der Waals surface area (Å²) >= 11 is 2.16. The smallest absolute Gasteiger partial charge is 0.338 e. The highest BCUT2D eigenvalue weighted by Gasteiger charge is 2.06. The topological polar surface area (TPSA) is 35.5 Å². The summed E-state index contributed by atoms with van der Waals surface area (Å²) < 4.78 is 11.6. The Morgan fingerprint density at radius 3 is 2.55 bits per heavy atom. The molecule has 0 saturated carbocycles. The van der Waals surface area contributed by atoms with E-state index in [1.807, 2.05) is 42.5 Å². The molecule has 0 fully saturated rings. The Morgan fingerprint density at radius 1 is 1.00 bits per heavy atom. The maximum absolute atomic E-state index is 11.7. The second kappa shape index (κ2) is 8.01. The van der Waals surface area contributed by atoms with Crippen LogP contribution in [0.3, 0.4) is 0 Å². The summed E-state index contributed by atoms with van der Waals surface area (Å²) in [4.78, 5) is 11.7. The van der Waals surface area contributed by atoms with Crippen molar-refractivity contribution in [2.45, 2.75) is 6.61 Å². The van der Waals surface area contributed by atoms with Gasteiger partial charge >= 0.3 is 5.97 Å². The van der Waals surface area contributed by atoms with Crippen molar-refractivity contribution in [1.82, 2.24) is 0 Å². The molecule has 4 heteroatoms. The molecule has 0 aliphatic heterocycles. The maximum Gasteiger partial charge on any atom is 0.338 e. The summed E-state index contributed by atoms with van der Waals surface area (Å²) in [5.74, 6) is -0.313. The van der Waals surface area contributed by atoms with Gasteiger partial charge in [-0.25, -0.2) is 4.79 Å². The Hall–Kier alpha value is -1.40. The molecule has 104 valence electrons.